The first-order chi connectivity index (χ1) is 10.0. The van der Waals surface area contributed by atoms with Gasteiger partial charge in [0, 0.05) is 15.6 Å². The monoisotopic (exact) mass is 347 g/mol. The fourth-order valence-corrected chi connectivity index (χ4v) is 2.28. The van der Waals surface area contributed by atoms with E-state index in [9.17, 15) is 4.79 Å². The van der Waals surface area contributed by atoms with Crippen LogP contribution in [0.2, 0.25) is 0 Å². The molecule has 0 aliphatic carbocycles. The van der Waals surface area contributed by atoms with Crippen molar-refractivity contribution in [3.8, 4) is 0 Å². The molecule has 5 nitrogen and oxygen atoms in total. The Balaban J connectivity index is 2.35. The van der Waals surface area contributed by atoms with Crippen molar-refractivity contribution in [3.63, 3.8) is 0 Å². The van der Waals surface area contributed by atoms with E-state index in [0.29, 0.717) is 16.8 Å². The quantitative estimate of drug-likeness (QED) is 0.345. The molecule has 0 aliphatic rings. The summed E-state index contributed by atoms with van der Waals surface area (Å²) in [5.41, 5.74) is 7.95. The Kier molecular flexibility index (Phi) is 4.59. The van der Waals surface area contributed by atoms with Crippen LogP contribution >= 0.6 is 15.9 Å². The summed E-state index contributed by atoms with van der Waals surface area (Å²) in [7, 11) is 0. The van der Waals surface area contributed by atoms with Crippen LogP contribution in [0.5, 0.6) is 0 Å². The summed E-state index contributed by atoms with van der Waals surface area (Å²) in [6.07, 6.45) is 0. The number of carbonyl (C=O) groups excluding carboxylic acids is 1. The van der Waals surface area contributed by atoms with Crippen LogP contribution in [0, 0.1) is 6.92 Å². The molecule has 0 saturated heterocycles. The van der Waals surface area contributed by atoms with E-state index in [0.717, 1.165) is 10.0 Å². The molecule has 0 spiro atoms. The number of halogens is 1. The zero-order chi connectivity index (χ0) is 15.4. The highest BCUT2D eigenvalue weighted by atomic mass is 79.9. The van der Waals surface area contributed by atoms with E-state index in [-0.39, 0.29) is 11.7 Å². The molecule has 21 heavy (non-hydrogen) atoms. The minimum atomic E-state index is -0.257. The molecule has 0 heterocycles. The molecular formula is C15H14BrN3O2. The van der Waals surface area contributed by atoms with Gasteiger partial charge in [-0.3, -0.25) is 4.79 Å². The van der Waals surface area contributed by atoms with Crippen molar-refractivity contribution in [1.29, 1.82) is 0 Å². The third kappa shape index (κ3) is 3.22. The summed E-state index contributed by atoms with van der Waals surface area (Å²) in [6, 6.07) is 12.3. The van der Waals surface area contributed by atoms with Gasteiger partial charge in [0.15, 0.2) is 5.84 Å². The van der Waals surface area contributed by atoms with Crippen LogP contribution in [0.25, 0.3) is 0 Å². The molecule has 0 radical (unpaired) electrons. The van der Waals surface area contributed by atoms with Crippen molar-refractivity contribution in [1.82, 2.24) is 0 Å². The second-order valence-electron chi connectivity index (χ2n) is 4.40. The fourth-order valence-electron chi connectivity index (χ4n) is 1.91. The maximum atomic E-state index is 12.4. The van der Waals surface area contributed by atoms with Crippen LogP contribution < -0.4 is 11.1 Å². The number of hydrogen-bond donors (Lipinski definition) is 3. The predicted molar refractivity (Wildman–Crippen MR) is 85.8 cm³/mol. The van der Waals surface area contributed by atoms with Crippen molar-refractivity contribution in [2.24, 2.45) is 10.9 Å². The fraction of sp³-hybridized carbons (Fsp3) is 0.0667. The van der Waals surface area contributed by atoms with E-state index in [1.165, 1.54) is 0 Å². The van der Waals surface area contributed by atoms with E-state index < -0.39 is 0 Å². The molecule has 0 fully saturated rings. The van der Waals surface area contributed by atoms with Gasteiger partial charge in [-0.2, -0.15) is 0 Å². The Labute approximate surface area is 130 Å². The van der Waals surface area contributed by atoms with E-state index in [4.69, 9.17) is 10.9 Å². The number of nitrogens with one attached hydrogen (secondary N) is 1. The van der Waals surface area contributed by atoms with E-state index in [1.807, 2.05) is 13.0 Å². The van der Waals surface area contributed by atoms with Crippen LogP contribution in [0.1, 0.15) is 21.5 Å². The molecule has 6 heteroatoms. The average molecular weight is 348 g/mol. The second kappa shape index (κ2) is 6.41. The molecule has 0 aromatic heterocycles. The second-order valence-corrected chi connectivity index (χ2v) is 5.25. The van der Waals surface area contributed by atoms with Gasteiger partial charge in [0.05, 0.1) is 5.69 Å². The van der Waals surface area contributed by atoms with E-state index >= 15 is 0 Å². The maximum absolute atomic E-state index is 12.4. The van der Waals surface area contributed by atoms with Crippen molar-refractivity contribution >= 4 is 33.4 Å². The van der Waals surface area contributed by atoms with Crippen molar-refractivity contribution < 1.29 is 10.0 Å². The summed E-state index contributed by atoms with van der Waals surface area (Å²) in [4.78, 5) is 12.4. The first-order valence-corrected chi connectivity index (χ1v) is 6.97. The van der Waals surface area contributed by atoms with Crippen molar-refractivity contribution in [2.45, 2.75) is 6.92 Å². The number of anilines is 1. The summed E-state index contributed by atoms with van der Waals surface area (Å²) in [5, 5.41) is 14.5. The molecular weight excluding hydrogens is 334 g/mol. The third-order valence-corrected chi connectivity index (χ3v) is 3.93. The van der Waals surface area contributed by atoms with Crippen LogP contribution in [0.3, 0.4) is 0 Å². The molecule has 1 amide bonds. The van der Waals surface area contributed by atoms with Gasteiger partial charge in [-0.15, -0.1) is 0 Å². The smallest absolute Gasteiger partial charge is 0.255 e. The van der Waals surface area contributed by atoms with Crippen molar-refractivity contribution in [3.05, 3.63) is 63.6 Å². The van der Waals surface area contributed by atoms with Gasteiger partial charge in [0.25, 0.3) is 5.91 Å². The van der Waals surface area contributed by atoms with E-state index in [1.54, 1.807) is 36.4 Å². The molecule has 0 saturated carbocycles. The average Bonchev–Trinajstić information content (AvgIpc) is 2.49. The molecule has 4 N–H and O–H groups in total. The standard InChI is InChI=1S/C15H14BrN3O2/c1-9-10(6-4-7-12(9)16)15(20)18-13-8-3-2-5-11(13)14(17)19-21/h2-8,21H,1H3,(H2,17,19)(H,18,20). The first-order valence-electron chi connectivity index (χ1n) is 6.18. The van der Waals surface area contributed by atoms with Crippen molar-refractivity contribution in [2.75, 3.05) is 5.32 Å². The van der Waals surface area contributed by atoms with Crippen LogP contribution in [0.4, 0.5) is 5.69 Å². The van der Waals surface area contributed by atoms with E-state index in [2.05, 4.69) is 26.4 Å². The van der Waals surface area contributed by atoms with Gasteiger partial charge in [0.1, 0.15) is 0 Å². The Morgan fingerprint density at radius 3 is 2.57 bits per heavy atom. The Bertz CT molecular complexity index is 714. The van der Waals surface area contributed by atoms with Crippen LogP contribution in [-0.4, -0.2) is 17.0 Å². The van der Waals surface area contributed by atoms with Gasteiger partial charge >= 0.3 is 0 Å². The van der Waals surface area contributed by atoms with Gasteiger partial charge in [0.2, 0.25) is 0 Å². The molecule has 2 aromatic carbocycles. The first kappa shape index (κ1) is 15.1. The number of amidine groups is 1. The highest BCUT2D eigenvalue weighted by molar-refractivity contribution is 9.10. The molecule has 0 atom stereocenters. The SMILES string of the molecule is Cc1c(Br)cccc1C(=O)Nc1ccccc1C(N)=NO. The normalized spacial score (nSPS) is 11.2. The lowest BCUT2D eigenvalue weighted by atomic mass is 10.1. The summed E-state index contributed by atoms with van der Waals surface area (Å²) in [6.45, 7) is 1.86. The van der Waals surface area contributed by atoms with Gasteiger partial charge in [-0.25, -0.2) is 0 Å². The predicted octanol–water partition coefficient (Wildman–Crippen LogP) is 3.10. The minimum absolute atomic E-state index is 0.0585. The summed E-state index contributed by atoms with van der Waals surface area (Å²) >= 11 is 3.40. The number of carbonyl (C=O) groups is 1. The number of para-hydroxylation sites is 1. The maximum Gasteiger partial charge on any atom is 0.255 e. The molecule has 0 unspecified atom stereocenters. The minimum Gasteiger partial charge on any atom is -0.409 e. The van der Waals surface area contributed by atoms with Gasteiger partial charge in [-0.05, 0) is 36.8 Å². The number of hydrogen-bond acceptors (Lipinski definition) is 3. The molecule has 108 valence electrons. The topological polar surface area (TPSA) is 87.7 Å². The zero-order valence-electron chi connectivity index (χ0n) is 11.3. The zero-order valence-corrected chi connectivity index (χ0v) is 12.9. The van der Waals surface area contributed by atoms with Crippen LogP contribution in [0.15, 0.2) is 52.1 Å². The molecule has 0 bridgehead atoms. The Morgan fingerprint density at radius 1 is 1.19 bits per heavy atom. The summed E-state index contributed by atoms with van der Waals surface area (Å²) in [5.74, 6) is -0.316. The Hall–Kier alpha value is -2.34. The number of nitrogens with zero attached hydrogens (tertiary/aromatic N) is 1. The third-order valence-electron chi connectivity index (χ3n) is 3.07. The number of oxime groups is 1. The Morgan fingerprint density at radius 2 is 1.86 bits per heavy atom. The molecule has 0 aliphatic heterocycles. The lowest BCUT2D eigenvalue weighted by Gasteiger charge is -2.12. The summed E-state index contributed by atoms with van der Waals surface area (Å²) < 4.78 is 0.861. The van der Waals surface area contributed by atoms with Gasteiger partial charge in [-0.1, -0.05) is 39.3 Å². The van der Waals surface area contributed by atoms with Gasteiger partial charge < -0.3 is 16.3 Å². The largest absolute Gasteiger partial charge is 0.409 e. The lowest BCUT2D eigenvalue weighted by Crippen LogP contribution is -2.19. The molecule has 2 rings (SSSR count). The molecule has 2 aromatic rings. The number of rotatable bonds is 3. The number of benzene rings is 2. The number of nitrogens with two attached hydrogens (primary N) is 1. The number of amides is 1. The van der Waals surface area contributed by atoms with Crippen LogP contribution in [-0.2, 0) is 0 Å². The highest BCUT2D eigenvalue weighted by Gasteiger charge is 2.14. The lowest BCUT2D eigenvalue weighted by molar-refractivity contribution is 0.102. The highest BCUT2D eigenvalue weighted by Crippen LogP contribution is 2.21.